The standard InChI is InChI=1S/C11H16N4OS/c1-15(7-13-12)5-8-2-3-10-9(4-8)14-11(16)6-17-10/h2-4,13H,5-7,12H2,1H3,(H,14,16). The van der Waals surface area contributed by atoms with Crippen LogP contribution in [0.3, 0.4) is 0 Å². The summed E-state index contributed by atoms with van der Waals surface area (Å²) in [5.74, 6) is 5.83. The maximum atomic E-state index is 11.3. The maximum absolute atomic E-state index is 11.3. The molecule has 0 spiro atoms. The van der Waals surface area contributed by atoms with E-state index in [4.69, 9.17) is 5.84 Å². The lowest BCUT2D eigenvalue weighted by Gasteiger charge is -2.19. The van der Waals surface area contributed by atoms with Crippen LogP contribution in [0.15, 0.2) is 23.1 Å². The van der Waals surface area contributed by atoms with Crippen LogP contribution in [-0.2, 0) is 11.3 Å². The van der Waals surface area contributed by atoms with E-state index in [-0.39, 0.29) is 5.91 Å². The third-order valence-electron chi connectivity index (χ3n) is 2.49. The summed E-state index contributed by atoms with van der Waals surface area (Å²) in [6.07, 6.45) is 0. The van der Waals surface area contributed by atoms with Crippen LogP contribution in [0.1, 0.15) is 5.56 Å². The number of rotatable bonds is 4. The summed E-state index contributed by atoms with van der Waals surface area (Å²) in [7, 11) is 1.98. The van der Waals surface area contributed by atoms with Gasteiger partial charge in [-0.25, -0.2) is 5.43 Å². The minimum atomic E-state index is 0.0663. The molecule has 0 saturated heterocycles. The van der Waals surface area contributed by atoms with Crippen LogP contribution >= 0.6 is 11.8 Å². The molecule has 0 fully saturated rings. The summed E-state index contributed by atoms with van der Waals surface area (Å²) in [4.78, 5) is 14.5. The zero-order valence-electron chi connectivity index (χ0n) is 9.69. The lowest BCUT2D eigenvalue weighted by Crippen LogP contribution is -2.35. The van der Waals surface area contributed by atoms with Crippen LogP contribution in [0.2, 0.25) is 0 Å². The van der Waals surface area contributed by atoms with E-state index in [0.717, 1.165) is 22.7 Å². The van der Waals surface area contributed by atoms with E-state index in [1.165, 1.54) is 0 Å². The van der Waals surface area contributed by atoms with Crippen molar-refractivity contribution >= 4 is 23.4 Å². The highest BCUT2D eigenvalue weighted by Crippen LogP contribution is 2.32. The Bertz CT molecular complexity index is 424. The number of hydrogen-bond acceptors (Lipinski definition) is 5. The molecule has 0 saturated carbocycles. The molecule has 1 heterocycles. The van der Waals surface area contributed by atoms with E-state index in [9.17, 15) is 4.79 Å². The van der Waals surface area contributed by atoms with Crippen molar-refractivity contribution in [1.29, 1.82) is 0 Å². The summed E-state index contributed by atoms with van der Waals surface area (Å²) in [5.41, 5.74) is 4.68. The molecule has 0 unspecified atom stereocenters. The van der Waals surface area contributed by atoms with Gasteiger partial charge in [-0.1, -0.05) is 6.07 Å². The molecule has 1 aliphatic heterocycles. The number of nitrogens with two attached hydrogens (primary N) is 1. The minimum absolute atomic E-state index is 0.0663. The Morgan fingerprint density at radius 1 is 1.59 bits per heavy atom. The molecular weight excluding hydrogens is 236 g/mol. The SMILES string of the molecule is CN(CNN)Cc1ccc2c(c1)NC(=O)CS2. The molecule has 6 heteroatoms. The van der Waals surface area contributed by atoms with Gasteiger partial charge in [0, 0.05) is 11.4 Å². The van der Waals surface area contributed by atoms with Crippen LogP contribution in [0.25, 0.3) is 0 Å². The predicted molar refractivity (Wildman–Crippen MR) is 69.5 cm³/mol. The Hall–Kier alpha value is -1.08. The maximum Gasteiger partial charge on any atom is 0.234 e. The summed E-state index contributed by atoms with van der Waals surface area (Å²) in [6.45, 7) is 1.41. The van der Waals surface area contributed by atoms with Crippen LogP contribution < -0.4 is 16.6 Å². The van der Waals surface area contributed by atoms with Crippen LogP contribution in [0, 0.1) is 0 Å². The van der Waals surface area contributed by atoms with Gasteiger partial charge in [0.1, 0.15) is 0 Å². The zero-order valence-corrected chi connectivity index (χ0v) is 10.5. The fourth-order valence-electron chi connectivity index (χ4n) is 1.75. The summed E-state index contributed by atoms with van der Waals surface area (Å²) >= 11 is 1.58. The number of carbonyl (C=O) groups is 1. The van der Waals surface area contributed by atoms with E-state index in [1.807, 2.05) is 13.1 Å². The third-order valence-corrected chi connectivity index (χ3v) is 3.56. The Morgan fingerprint density at radius 3 is 3.18 bits per heavy atom. The van der Waals surface area contributed by atoms with Gasteiger partial charge in [-0.15, -0.1) is 11.8 Å². The van der Waals surface area contributed by atoms with E-state index >= 15 is 0 Å². The second-order valence-electron chi connectivity index (χ2n) is 4.04. The van der Waals surface area contributed by atoms with Crippen molar-refractivity contribution in [3.63, 3.8) is 0 Å². The van der Waals surface area contributed by atoms with E-state index in [2.05, 4.69) is 27.8 Å². The van der Waals surface area contributed by atoms with Crippen LogP contribution in [0.4, 0.5) is 5.69 Å². The van der Waals surface area contributed by atoms with Gasteiger partial charge in [-0.2, -0.15) is 0 Å². The molecule has 1 aromatic rings. The summed E-state index contributed by atoms with van der Waals surface area (Å²) in [6, 6.07) is 6.15. The molecule has 1 amide bonds. The first-order valence-electron chi connectivity index (χ1n) is 5.36. The quantitative estimate of drug-likeness (QED) is 0.415. The molecule has 0 bridgehead atoms. The highest BCUT2D eigenvalue weighted by atomic mass is 32.2. The average molecular weight is 252 g/mol. The van der Waals surface area contributed by atoms with E-state index in [0.29, 0.717) is 12.4 Å². The Morgan fingerprint density at radius 2 is 2.41 bits per heavy atom. The Labute approximate surface area is 105 Å². The predicted octanol–water partition coefficient (Wildman–Crippen LogP) is 0.583. The van der Waals surface area contributed by atoms with Gasteiger partial charge >= 0.3 is 0 Å². The number of thioether (sulfide) groups is 1. The highest BCUT2D eigenvalue weighted by molar-refractivity contribution is 8.00. The molecular formula is C11H16N4OS. The fourth-order valence-corrected chi connectivity index (χ4v) is 2.54. The van der Waals surface area contributed by atoms with Gasteiger partial charge in [0.2, 0.25) is 5.91 Å². The van der Waals surface area contributed by atoms with Crippen molar-refractivity contribution in [2.24, 2.45) is 5.84 Å². The first kappa shape index (κ1) is 12.4. The molecule has 2 rings (SSSR count). The molecule has 1 aromatic carbocycles. The number of benzene rings is 1. The van der Waals surface area contributed by atoms with Crippen molar-refractivity contribution in [2.75, 3.05) is 24.8 Å². The molecule has 0 aromatic heterocycles. The number of carbonyl (C=O) groups excluding carboxylic acids is 1. The van der Waals surface area contributed by atoms with Gasteiger partial charge in [0.15, 0.2) is 0 Å². The average Bonchev–Trinajstić information content (AvgIpc) is 2.28. The van der Waals surface area contributed by atoms with Crippen LogP contribution in [-0.4, -0.2) is 30.3 Å². The van der Waals surface area contributed by atoms with Gasteiger partial charge in [-0.3, -0.25) is 15.5 Å². The minimum Gasteiger partial charge on any atom is -0.324 e. The van der Waals surface area contributed by atoms with Crippen molar-refractivity contribution in [3.8, 4) is 0 Å². The van der Waals surface area contributed by atoms with Crippen LogP contribution in [0.5, 0.6) is 0 Å². The monoisotopic (exact) mass is 252 g/mol. The first-order valence-corrected chi connectivity index (χ1v) is 6.35. The number of nitrogens with zero attached hydrogens (tertiary/aromatic N) is 1. The van der Waals surface area contributed by atoms with Crippen molar-refractivity contribution in [3.05, 3.63) is 23.8 Å². The zero-order chi connectivity index (χ0) is 12.3. The van der Waals surface area contributed by atoms with Gasteiger partial charge in [0.25, 0.3) is 0 Å². The van der Waals surface area contributed by atoms with E-state index < -0.39 is 0 Å². The molecule has 1 aliphatic rings. The molecule has 17 heavy (non-hydrogen) atoms. The number of fused-ring (bicyclic) bond motifs is 1. The second-order valence-corrected chi connectivity index (χ2v) is 5.06. The largest absolute Gasteiger partial charge is 0.324 e. The lowest BCUT2D eigenvalue weighted by atomic mass is 10.2. The van der Waals surface area contributed by atoms with Gasteiger partial charge < -0.3 is 5.32 Å². The topological polar surface area (TPSA) is 70.4 Å². The number of anilines is 1. The molecule has 92 valence electrons. The first-order chi connectivity index (χ1) is 8.19. The molecule has 4 N–H and O–H groups in total. The summed E-state index contributed by atoms with van der Waals surface area (Å²) in [5, 5.41) is 2.89. The van der Waals surface area contributed by atoms with Crippen molar-refractivity contribution in [1.82, 2.24) is 10.3 Å². The highest BCUT2D eigenvalue weighted by Gasteiger charge is 2.15. The Kier molecular flexibility index (Phi) is 4.01. The molecule has 0 atom stereocenters. The van der Waals surface area contributed by atoms with Gasteiger partial charge in [0.05, 0.1) is 18.1 Å². The van der Waals surface area contributed by atoms with E-state index in [1.54, 1.807) is 11.8 Å². The third kappa shape index (κ3) is 3.19. The second kappa shape index (κ2) is 5.50. The number of hydrogen-bond donors (Lipinski definition) is 3. The number of hydrazine groups is 1. The summed E-state index contributed by atoms with van der Waals surface area (Å²) < 4.78 is 0. The number of nitrogens with one attached hydrogen (secondary N) is 2. The molecule has 5 nitrogen and oxygen atoms in total. The molecule has 0 aliphatic carbocycles. The number of amides is 1. The fraction of sp³-hybridized carbons (Fsp3) is 0.364. The van der Waals surface area contributed by atoms with Crippen molar-refractivity contribution < 1.29 is 4.79 Å². The smallest absolute Gasteiger partial charge is 0.234 e. The van der Waals surface area contributed by atoms with Crippen molar-refractivity contribution in [2.45, 2.75) is 11.4 Å². The Balaban J connectivity index is 2.10. The van der Waals surface area contributed by atoms with Gasteiger partial charge in [-0.05, 0) is 24.7 Å². The molecule has 0 radical (unpaired) electrons. The normalized spacial score (nSPS) is 14.6. The lowest BCUT2D eigenvalue weighted by molar-refractivity contribution is -0.113.